The third-order valence-electron chi connectivity index (χ3n) is 2.97. The van der Waals surface area contributed by atoms with Gasteiger partial charge in [-0.1, -0.05) is 30.3 Å². The molecule has 0 heterocycles. The van der Waals surface area contributed by atoms with Gasteiger partial charge in [-0.05, 0) is 29.8 Å². The summed E-state index contributed by atoms with van der Waals surface area (Å²) in [5.74, 6) is 0.729. The molecule has 0 bridgehead atoms. The van der Waals surface area contributed by atoms with Gasteiger partial charge in [0, 0.05) is 12.2 Å². The highest BCUT2D eigenvalue weighted by atomic mass is 16.5. The number of carboxylic acid groups (broad SMARTS) is 1. The molecule has 5 heteroatoms. The van der Waals surface area contributed by atoms with Crippen molar-refractivity contribution in [2.24, 2.45) is 0 Å². The standard InChI is InChI=1S/C16H18N2O3/c17-14-6-4-5-13(11-14)12-18(16(19)20)9-10-21-15-7-2-1-3-8-15/h1-8,11H,9-10,12,17H2,(H,19,20). The molecule has 0 unspecified atom stereocenters. The number of carbonyl (C=O) groups is 1. The van der Waals surface area contributed by atoms with Crippen molar-refractivity contribution in [1.82, 2.24) is 4.90 Å². The van der Waals surface area contributed by atoms with Gasteiger partial charge in [0.05, 0.1) is 6.54 Å². The fourth-order valence-electron chi connectivity index (χ4n) is 1.94. The molecular weight excluding hydrogens is 268 g/mol. The molecule has 0 radical (unpaired) electrons. The van der Waals surface area contributed by atoms with Crippen LogP contribution in [0.25, 0.3) is 0 Å². The Balaban J connectivity index is 1.89. The van der Waals surface area contributed by atoms with Gasteiger partial charge in [0.15, 0.2) is 0 Å². The predicted molar refractivity (Wildman–Crippen MR) is 81.2 cm³/mol. The van der Waals surface area contributed by atoms with E-state index in [1.54, 1.807) is 12.1 Å². The van der Waals surface area contributed by atoms with Gasteiger partial charge in [0.25, 0.3) is 0 Å². The van der Waals surface area contributed by atoms with Crippen molar-refractivity contribution in [3.63, 3.8) is 0 Å². The average Bonchev–Trinajstić information content (AvgIpc) is 2.47. The third-order valence-corrected chi connectivity index (χ3v) is 2.97. The van der Waals surface area contributed by atoms with E-state index in [1.807, 2.05) is 42.5 Å². The summed E-state index contributed by atoms with van der Waals surface area (Å²) in [6.45, 7) is 0.885. The number of hydrogen-bond donors (Lipinski definition) is 2. The molecule has 2 aromatic rings. The van der Waals surface area contributed by atoms with Crippen LogP contribution in [0.1, 0.15) is 5.56 Å². The molecule has 0 atom stereocenters. The van der Waals surface area contributed by atoms with E-state index >= 15 is 0 Å². The highest BCUT2D eigenvalue weighted by Gasteiger charge is 2.12. The number of ether oxygens (including phenoxy) is 1. The first-order valence-electron chi connectivity index (χ1n) is 6.65. The molecular formula is C16H18N2O3. The lowest BCUT2D eigenvalue weighted by Gasteiger charge is -2.19. The van der Waals surface area contributed by atoms with E-state index in [1.165, 1.54) is 4.90 Å². The molecule has 3 N–H and O–H groups in total. The predicted octanol–water partition coefficient (Wildman–Crippen LogP) is 2.83. The third kappa shape index (κ3) is 4.72. The van der Waals surface area contributed by atoms with Crippen LogP contribution in [0.2, 0.25) is 0 Å². The summed E-state index contributed by atoms with van der Waals surface area (Å²) in [5, 5.41) is 9.24. The minimum absolute atomic E-state index is 0.290. The maximum Gasteiger partial charge on any atom is 0.407 e. The Morgan fingerprint density at radius 3 is 2.57 bits per heavy atom. The van der Waals surface area contributed by atoms with Gasteiger partial charge in [0.2, 0.25) is 0 Å². The Kier molecular flexibility index (Phi) is 5.04. The van der Waals surface area contributed by atoms with Gasteiger partial charge in [-0.25, -0.2) is 4.79 Å². The monoisotopic (exact) mass is 286 g/mol. The van der Waals surface area contributed by atoms with Crippen LogP contribution in [-0.2, 0) is 6.54 Å². The Bertz CT molecular complexity index is 587. The number of para-hydroxylation sites is 1. The second-order valence-corrected chi connectivity index (χ2v) is 4.61. The number of nitrogens with zero attached hydrogens (tertiary/aromatic N) is 1. The summed E-state index contributed by atoms with van der Waals surface area (Å²) < 4.78 is 5.52. The summed E-state index contributed by atoms with van der Waals surface area (Å²) >= 11 is 0. The lowest BCUT2D eigenvalue weighted by molar-refractivity contribution is 0.132. The molecule has 2 rings (SSSR count). The van der Waals surface area contributed by atoms with E-state index in [9.17, 15) is 9.90 Å². The Labute approximate surface area is 123 Å². The maximum absolute atomic E-state index is 11.3. The van der Waals surface area contributed by atoms with E-state index in [2.05, 4.69) is 0 Å². The zero-order valence-corrected chi connectivity index (χ0v) is 11.6. The van der Waals surface area contributed by atoms with Crippen LogP contribution < -0.4 is 10.5 Å². The van der Waals surface area contributed by atoms with Crippen molar-refractivity contribution in [1.29, 1.82) is 0 Å². The molecule has 0 aliphatic carbocycles. The summed E-state index contributed by atoms with van der Waals surface area (Å²) in [6.07, 6.45) is -0.978. The Hall–Kier alpha value is -2.69. The van der Waals surface area contributed by atoms with Crippen molar-refractivity contribution >= 4 is 11.8 Å². The van der Waals surface area contributed by atoms with Crippen LogP contribution in [0.4, 0.5) is 10.5 Å². The van der Waals surface area contributed by atoms with E-state index in [0.717, 1.165) is 11.3 Å². The highest BCUT2D eigenvalue weighted by molar-refractivity contribution is 5.65. The van der Waals surface area contributed by atoms with Crippen LogP contribution in [0.15, 0.2) is 54.6 Å². The number of nitrogen functional groups attached to an aromatic ring is 1. The minimum atomic E-state index is -0.978. The quantitative estimate of drug-likeness (QED) is 0.801. The first-order valence-corrected chi connectivity index (χ1v) is 6.65. The summed E-state index contributed by atoms with van der Waals surface area (Å²) in [5.41, 5.74) is 7.18. The van der Waals surface area contributed by atoms with Gasteiger partial charge in [-0.3, -0.25) is 0 Å². The fraction of sp³-hybridized carbons (Fsp3) is 0.188. The number of rotatable bonds is 6. The highest BCUT2D eigenvalue weighted by Crippen LogP contribution is 2.11. The Morgan fingerprint density at radius 1 is 1.14 bits per heavy atom. The zero-order chi connectivity index (χ0) is 15.1. The van der Waals surface area contributed by atoms with Crippen LogP contribution in [-0.4, -0.2) is 29.3 Å². The van der Waals surface area contributed by atoms with Gasteiger partial charge in [-0.15, -0.1) is 0 Å². The number of nitrogens with two attached hydrogens (primary N) is 1. The average molecular weight is 286 g/mol. The van der Waals surface area contributed by atoms with Crippen molar-refractivity contribution in [2.45, 2.75) is 6.54 Å². The largest absolute Gasteiger partial charge is 0.492 e. The molecule has 0 aliphatic heterocycles. The molecule has 0 saturated carbocycles. The second kappa shape index (κ2) is 7.19. The molecule has 1 amide bonds. The maximum atomic E-state index is 11.3. The molecule has 0 aromatic heterocycles. The van der Waals surface area contributed by atoms with Gasteiger partial charge >= 0.3 is 6.09 Å². The summed E-state index contributed by atoms with van der Waals surface area (Å²) in [6, 6.07) is 16.5. The Morgan fingerprint density at radius 2 is 1.90 bits per heavy atom. The van der Waals surface area contributed by atoms with E-state index in [4.69, 9.17) is 10.5 Å². The molecule has 110 valence electrons. The SMILES string of the molecule is Nc1cccc(CN(CCOc2ccccc2)C(=O)O)c1. The van der Waals surface area contributed by atoms with E-state index in [-0.39, 0.29) is 0 Å². The van der Waals surface area contributed by atoms with Crippen molar-refractivity contribution in [3.8, 4) is 5.75 Å². The number of benzene rings is 2. The molecule has 0 aliphatic rings. The van der Waals surface area contributed by atoms with Crippen LogP contribution in [0, 0.1) is 0 Å². The second-order valence-electron chi connectivity index (χ2n) is 4.61. The van der Waals surface area contributed by atoms with Crippen molar-refractivity contribution in [3.05, 3.63) is 60.2 Å². The first kappa shape index (κ1) is 14.7. The van der Waals surface area contributed by atoms with E-state index < -0.39 is 6.09 Å². The molecule has 21 heavy (non-hydrogen) atoms. The van der Waals surface area contributed by atoms with Gasteiger partial charge in [-0.2, -0.15) is 0 Å². The lowest BCUT2D eigenvalue weighted by Crippen LogP contribution is -2.32. The summed E-state index contributed by atoms with van der Waals surface area (Å²) in [7, 11) is 0. The van der Waals surface area contributed by atoms with Gasteiger partial charge in [0.1, 0.15) is 12.4 Å². The van der Waals surface area contributed by atoms with Crippen LogP contribution in [0.5, 0.6) is 5.75 Å². The minimum Gasteiger partial charge on any atom is -0.492 e. The van der Waals surface area contributed by atoms with Crippen molar-refractivity contribution in [2.75, 3.05) is 18.9 Å². The molecule has 0 saturated heterocycles. The van der Waals surface area contributed by atoms with Crippen molar-refractivity contribution < 1.29 is 14.6 Å². The smallest absolute Gasteiger partial charge is 0.407 e. The number of hydrogen-bond acceptors (Lipinski definition) is 3. The molecule has 5 nitrogen and oxygen atoms in total. The molecule has 0 spiro atoms. The van der Waals surface area contributed by atoms with Crippen LogP contribution >= 0.6 is 0 Å². The van der Waals surface area contributed by atoms with Crippen LogP contribution in [0.3, 0.4) is 0 Å². The number of amides is 1. The molecule has 0 fully saturated rings. The zero-order valence-electron chi connectivity index (χ0n) is 11.6. The normalized spacial score (nSPS) is 10.1. The summed E-state index contributed by atoms with van der Waals surface area (Å²) in [4.78, 5) is 12.6. The fourth-order valence-corrected chi connectivity index (χ4v) is 1.94. The topological polar surface area (TPSA) is 75.8 Å². The van der Waals surface area contributed by atoms with E-state index in [0.29, 0.717) is 25.4 Å². The van der Waals surface area contributed by atoms with Gasteiger partial charge < -0.3 is 20.5 Å². The molecule has 2 aromatic carbocycles. The lowest BCUT2D eigenvalue weighted by atomic mass is 10.2. The number of anilines is 1. The first-order chi connectivity index (χ1) is 10.1.